The van der Waals surface area contributed by atoms with Gasteiger partial charge in [-0.25, -0.2) is 0 Å². The van der Waals surface area contributed by atoms with Crippen LogP contribution in [0.5, 0.6) is 0 Å². The van der Waals surface area contributed by atoms with Crippen molar-refractivity contribution in [1.29, 1.82) is 0 Å². The molecular formula is C13H8ClNO2S2. The van der Waals surface area contributed by atoms with Gasteiger partial charge in [-0.1, -0.05) is 41.6 Å². The van der Waals surface area contributed by atoms with Gasteiger partial charge in [-0.15, -0.1) is 0 Å². The zero-order chi connectivity index (χ0) is 13.7. The quantitative estimate of drug-likeness (QED) is 0.545. The van der Waals surface area contributed by atoms with E-state index in [0.717, 1.165) is 11.1 Å². The van der Waals surface area contributed by atoms with E-state index in [0.29, 0.717) is 26.2 Å². The Balaban J connectivity index is 2.22. The van der Waals surface area contributed by atoms with Crippen LogP contribution in [0.15, 0.2) is 23.1 Å². The van der Waals surface area contributed by atoms with Gasteiger partial charge < -0.3 is 0 Å². The summed E-state index contributed by atoms with van der Waals surface area (Å²) < 4.78 is 0.468. The van der Waals surface area contributed by atoms with Gasteiger partial charge in [-0.3, -0.25) is 14.5 Å². The fraction of sp³-hybridized carbons (Fsp3) is 0.154. The van der Waals surface area contributed by atoms with Crippen LogP contribution in [0.25, 0.3) is 5.57 Å². The van der Waals surface area contributed by atoms with Crippen molar-refractivity contribution in [3.63, 3.8) is 0 Å². The van der Waals surface area contributed by atoms with E-state index in [1.807, 2.05) is 6.07 Å². The lowest BCUT2D eigenvalue weighted by Crippen LogP contribution is -2.22. The van der Waals surface area contributed by atoms with Crippen LogP contribution in [0.3, 0.4) is 0 Å². The molecule has 96 valence electrons. The SMILES string of the molecule is CN1C(=O)/C(=C2/C(=O)Cc3ccc(Cl)cc32)SC1=S. The van der Waals surface area contributed by atoms with E-state index < -0.39 is 0 Å². The molecule has 1 aromatic rings. The Hall–Kier alpha value is -1.17. The second kappa shape index (κ2) is 4.44. The van der Waals surface area contributed by atoms with Gasteiger partial charge in [-0.2, -0.15) is 0 Å². The normalized spacial score (nSPS) is 22.4. The highest BCUT2D eigenvalue weighted by molar-refractivity contribution is 8.26. The van der Waals surface area contributed by atoms with Crippen LogP contribution in [0.2, 0.25) is 5.02 Å². The van der Waals surface area contributed by atoms with Crippen molar-refractivity contribution in [3.8, 4) is 0 Å². The number of thiocarbonyl (C=S) groups is 1. The van der Waals surface area contributed by atoms with Gasteiger partial charge in [0.15, 0.2) is 5.78 Å². The minimum absolute atomic E-state index is 0.0498. The van der Waals surface area contributed by atoms with E-state index in [1.165, 1.54) is 16.7 Å². The molecule has 1 amide bonds. The maximum Gasteiger partial charge on any atom is 0.266 e. The third-order valence-corrected chi connectivity index (χ3v) is 4.95. The van der Waals surface area contributed by atoms with Gasteiger partial charge in [-0.05, 0) is 23.3 Å². The molecule has 2 aliphatic rings. The summed E-state index contributed by atoms with van der Waals surface area (Å²) in [4.78, 5) is 26.1. The molecule has 0 radical (unpaired) electrons. The Morgan fingerprint density at radius 3 is 2.74 bits per heavy atom. The number of fused-ring (bicyclic) bond motifs is 1. The average Bonchev–Trinajstić information content (AvgIpc) is 2.80. The molecule has 1 aliphatic heterocycles. The molecule has 1 heterocycles. The fourth-order valence-corrected chi connectivity index (χ4v) is 3.64. The van der Waals surface area contributed by atoms with Crippen LogP contribution < -0.4 is 0 Å². The third-order valence-electron chi connectivity index (χ3n) is 3.16. The number of amides is 1. The summed E-state index contributed by atoms with van der Waals surface area (Å²) in [5, 5.41) is 0.554. The lowest BCUT2D eigenvalue weighted by molar-refractivity contribution is -0.121. The number of benzene rings is 1. The van der Waals surface area contributed by atoms with E-state index in [-0.39, 0.29) is 11.7 Å². The smallest absolute Gasteiger partial charge is 0.266 e. The second-order valence-corrected chi connectivity index (χ2v) is 6.42. The van der Waals surface area contributed by atoms with Crippen molar-refractivity contribution in [2.45, 2.75) is 6.42 Å². The number of Topliss-reactive ketones (excluding diaryl/α,β-unsaturated/α-hetero) is 1. The summed E-state index contributed by atoms with van der Waals surface area (Å²) in [6.45, 7) is 0. The predicted molar refractivity (Wildman–Crippen MR) is 80.0 cm³/mol. The van der Waals surface area contributed by atoms with Crippen molar-refractivity contribution in [3.05, 3.63) is 39.3 Å². The Labute approximate surface area is 124 Å². The topological polar surface area (TPSA) is 37.4 Å². The number of likely N-dealkylation sites (N-methyl/N-ethyl adjacent to an activating group) is 1. The van der Waals surface area contributed by atoms with Gasteiger partial charge in [0.25, 0.3) is 5.91 Å². The number of carbonyl (C=O) groups excluding carboxylic acids is 2. The molecule has 1 aliphatic carbocycles. The molecule has 1 aromatic carbocycles. The number of carbonyl (C=O) groups is 2. The molecule has 0 unspecified atom stereocenters. The minimum atomic E-state index is -0.217. The number of ketones is 1. The molecule has 6 heteroatoms. The Bertz CT molecular complexity index is 681. The minimum Gasteiger partial charge on any atom is -0.296 e. The van der Waals surface area contributed by atoms with Gasteiger partial charge in [0.05, 0.1) is 4.91 Å². The molecule has 3 nitrogen and oxygen atoms in total. The van der Waals surface area contributed by atoms with E-state index >= 15 is 0 Å². The van der Waals surface area contributed by atoms with Gasteiger partial charge in [0, 0.05) is 24.1 Å². The molecule has 1 saturated heterocycles. The van der Waals surface area contributed by atoms with Crippen molar-refractivity contribution < 1.29 is 9.59 Å². The highest BCUT2D eigenvalue weighted by Gasteiger charge is 2.37. The van der Waals surface area contributed by atoms with E-state index in [1.54, 1.807) is 19.2 Å². The number of hydrogen-bond acceptors (Lipinski definition) is 4. The van der Waals surface area contributed by atoms with Gasteiger partial charge in [0.1, 0.15) is 4.32 Å². The van der Waals surface area contributed by atoms with Crippen LogP contribution >= 0.6 is 35.6 Å². The van der Waals surface area contributed by atoms with Crippen LogP contribution in [0.4, 0.5) is 0 Å². The zero-order valence-electron chi connectivity index (χ0n) is 9.90. The summed E-state index contributed by atoms with van der Waals surface area (Å²) in [5.41, 5.74) is 2.12. The van der Waals surface area contributed by atoms with Crippen LogP contribution in [-0.2, 0) is 16.0 Å². The standard InChI is InChI=1S/C13H8ClNO2S2/c1-15-12(17)11(19-13(15)18)10-8-5-7(14)3-2-6(8)4-9(10)16/h2-3,5H,4H2,1H3/b11-10-. The summed E-state index contributed by atoms with van der Waals surface area (Å²) in [6, 6.07) is 5.32. The molecule has 0 N–H and O–H groups in total. The highest BCUT2D eigenvalue weighted by atomic mass is 35.5. The highest BCUT2D eigenvalue weighted by Crippen LogP contribution is 2.41. The average molecular weight is 310 g/mol. The van der Waals surface area contributed by atoms with Gasteiger partial charge >= 0.3 is 0 Å². The zero-order valence-corrected chi connectivity index (χ0v) is 12.3. The van der Waals surface area contributed by atoms with E-state index in [9.17, 15) is 9.59 Å². The third kappa shape index (κ3) is 1.93. The molecule has 3 rings (SSSR count). The maximum absolute atomic E-state index is 12.2. The summed E-state index contributed by atoms with van der Waals surface area (Å²) in [5.74, 6) is -0.266. The lowest BCUT2D eigenvalue weighted by atomic mass is 10.1. The van der Waals surface area contributed by atoms with Crippen LogP contribution in [0, 0.1) is 0 Å². The summed E-state index contributed by atoms with van der Waals surface area (Å²) >= 11 is 12.2. The first kappa shape index (κ1) is 12.8. The van der Waals surface area contributed by atoms with Crippen LogP contribution in [-0.4, -0.2) is 28.0 Å². The lowest BCUT2D eigenvalue weighted by Gasteiger charge is -2.05. The summed E-state index contributed by atoms with van der Waals surface area (Å²) in [7, 11) is 1.61. The van der Waals surface area contributed by atoms with E-state index in [4.69, 9.17) is 23.8 Å². The predicted octanol–water partition coefficient (Wildman–Crippen LogP) is 2.67. The van der Waals surface area contributed by atoms with Crippen LogP contribution in [0.1, 0.15) is 11.1 Å². The molecule has 1 fully saturated rings. The maximum atomic E-state index is 12.2. The molecule has 0 atom stereocenters. The number of halogens is 1. The van der Waals surface area contributed by atoms with Crippen molar-refractivity contribution in [1.82, 2.24) is 4.90 Å². The Morgan fingerprint density at radius 1 is 1.37 bits per heavy atom. The first-order valence-electron chi connectivity index (χ1n) is 5.55. The first-order valence-corrected chi connectivity index (χ1v) is 7.15. The summed E-state index contributed by atoms with van der Waals surface area (Å²) in [6.07, 6.45) is 0.315. The molecule has 0 saturated carbocycles. The number of allylic oxidation sites excluding steroid dienone is 1. The molecule has 0 spiro atoms. The second-order valence-electron chi connectivity index (χ2n) is 4.34. The Morgan fingerprint density at radius 2 is 2.11 bits per heavy atom. The number of nitrogens with zero attached hydrogens (tertiary/aromatic N) is 1. The molecule has 19 heavy (non-hydrogen) atoms. The van der Waals surface area contributed by atoms with Crippen molar-refractivity contribution in [2.75, 3.05) is 7.05 Å². The first-order chi connectivity index (χ1) is 8.99. The Kier molecular flexibility index (Phi) is 3.00. The monoisotopic (exact) mass is 309 g/mol. The van der Waals surface area contributed by atoms with E-state index in [2.05, 4.69) is 0 Å². The van der Waals surface area contributed by atoms with Crippen molar-refractivity contribution >= 4 is 57.2 Å². The number of rotatable bonds is 0. The van der Waals surface area contributed by atoms with Gasteiger partial charge in [0.2, 0.25) is 0 Å². The number of thioether (sulfide) groups is 1. The van der Waals surface area contributed by atoms with Crippen molar-refractivity contribution in [2.24, 2.45) is 0 Å². The largest absolute Gasteiger partial charge is 0.296 e. The number of hydrogen-bond donors (Lipinski definition) is 0. The molecule has 0 aromatic heterocycles. The molecular weight excluding hydrogens is 302 g/mol. The molecule has 0 bridgehead atoms. The fourth-order valence-electron chi connectivity index (χ4n) is 2.19.